The molecule has 1 aliphatic heterocycles. The maximum Gasteiger partial charge on any atom is 0.181 e. The smallest absolute Gasteiger partial charge is 0.181 e. The normalized spacial score (nSPS) is 40.9. The number of fused-ring (bicyclic) bond motifs is 1. The molecular weight excluding hydrogens is 120 g/mol. The lowest BCUT2D eigenvalue weighted by Crippen LogP contribution is -2.32. The van der Waals surface area contributed by atoms with Gasteiger partial charge >= 0.3 is 0 Å². The Morgan fingerprint density at radius 1 is 1.44 bits per heavy atom. The Bertz CT molecular complexity index is 132. The van der Waals surface area contributed by atoms with Gasteiger partial charge in [-0.2, -0.15) is 0 Å². The van der Waals surface area contributed by atoms with E-state index in [4.69, 9.17) is 9.62 Å². The maximum absolute atomic E-state index is 5.17. The third kappa shape index (κ3) is 0.871. The molecule has 1 saturated heterocycles. The quantitative estimate of drug-likeness (QED) is 0.353. The van der Waals surface area contributed by atoms with Crippen LogP contribution < -0.4 is 0 Å². The van der Waals surface area contributed by atoms with Crippen molar-refractivity contribution in [3.63, 3.8) is 0 Å². The lowest BCUT2D eigenvalue weighted by molar-refractivity contribution is -0.411. The fourth-order valence-corrected chi connectivity index (χ4v) is 1.08. The van der Waals surface area contributed by atoms with Gasteiger partial charge in [0.2, 0.25) is 0 Å². The van der Waals surface area contributed by atoms with Crippen LogP contribution in [0.5, 0.6) is 0 Å². The lowest BCUT2D eigenvalue weighted by Gasteiger charge is -2.23. The van der Waals surface area contributed by atoms with Gasteiger partial charge in [-0.05, 0) is 6.42 Å². The van der Waals surface area contributed by atoms with Crippen LogP contribution in [0, 0.1) is 0 Å². The fourth-order valence-electron chi connectivity index (χ4n) is 1.08. The van der Waals surface area contributed by atoms with Crippen molar-refractivity contribution in [1.29, 1.82) is 0 Å². The summed E-state index contributed by atoms with van der Waals surface area (Å²) in [6, 6.07) is 0. The van der Waals surface area contributed by atoms with E-state index in [1.807, 2.05) is 12.2 Å². The van der Waals surface area contributed by atoms with E-state index in [-0.39, 0.29) is 19.0 Å². The Kier molecular flexibility index (Phi) is 1.26. The zero-order valence-corrected chi connectivity index (χ0v) is 4.95. The van der Waals surface area contributed by atoms with E-state index < -0.39 is 0 Å². The first-order valence-corrected chi connectivity index (χ1v) is 3.03. The molecule has 0 spiro atoms. The molecule has 0 saturated carbocycles. The van der Waals surface area contributed by atoms with E-state index in [1.54, 1.807) is 0 Å². The number of ether oxygens (including phenoxy) is 1. The van der Waals surface area contributed by atoms with Gasteiger partial charge in [-0.25, -0.2) is 9.78 Å². The molecule has 0 aromatic rings. The highest BCUT2D eigenvalue weighted by atomic mass is 17.2. The number of hydrogen-bond donors (Lipinski definition) is 0. The molecule has 0 aromatic carbocycles. The first kappa shape index (κ1) is 5.41. The summed E-state index contributed by atoms with van der Waals surface area (Å²) in [5, 5.41) is 0. The Labute approximate surface area is 53.1 Å². The van der Waals surface area contributed by atoms with E-state index in [9.17, 15) is 0 Å². The second kappa shape index (κ2) is 2.10. The van der Waals surface area contributed by atoms with E-state index >= 15 is 0 Å². The third-order valence-electron chi connectivity index (χ3n) is 1.56. The summed E-state index contributed by atoms with van der Waals surface area (Å²) in [5.74, 6) is 0. The van der Waals surface area contributed by atoms with Crippen molar-refractivity contribution in [2.24, 2.45) is 0 Å². The molecule has 3 heteroatoms. The van der Waals surface area contributed by atoms with Crippen LogP contribution >= 0.6 is 0 Å². The maximum atomic E-state index is 5.17. The van der Waals surface area contributed by atoms with E-state index in [0.717, 1.165) is 6.42 Å². The van der Waals surface area contributed by atoms with Crippen molar-refractivity contribution < 1.29 is 14.5 Å². The molecule has 50 valence electrons. The van der Waals surface area contributed by atoms with Crippen LogP contribution in [0.15, 0.2) is 12.2 Å². The van der Waals surface area contributed by atoms with E-state index in [1.165, 1.54) is 0 Å². The zero-order valence-electron chi connectivity index (χ0n) is 4.95. The molecule has 0 N–H and O–H groups in total. The predicted molar refractivity (Wildman–Crippen MR) is 29.5 cm³/mol. The van der Waals surface area contributed by atoms with Crippen molar-refractivity contribution in [3.8, 4) is 0 Å². The minimum absolute atomic E-state index is 0.110. The standard InChI is InChI=1S/C6H8O3/c1-2-5-6(3-1)9-8-4-7-5/h1-2,5-6H,3-4H2. The van der Waals surface area contributed by atoms with Gasteiger partial charge in [-0.3, -0.25) is 0 Å². The van der Waals surface area contributed by atoms with Gasteiger partial charge in [-0.1, -0.05) is 12.2 Å². The van der Waals surface area contributed by atoms with Crippen molar-refractivity contribution >= 4 is 0 Å². The SMILES string of the molecule is C1=CC2OCOOC2C1. The van der Waals surface area contributed by atoms with Gasteiger partial charge < -0.3 is 4.74 Å². The third-order valence-corrected chi connectivity index (χ3v) is 1.56. The Balaban J connectivity index is 2.03. The van der Waals surface area contributed by atoms with Gasteiger partial charge in [-0.15, -0.1) is 0 Å². The summed E-state index contributed by atoms with van der Waals surface area (Å²) in [6.07, 6.45) is 5.21. The number of hydrogen-bond acceptors (Lipinski definition) is 3. The molecular formula is C6H8O3. The first-order chi connectivity index (χ1) is 4.47. The highest BCUT2D eigenvalue weighted by Crippen LogP contribution is 2.21. The highest BCUT2D eigenvalue weighted by molar-refractivity contribution is 5.03. The van der Waals surface area contributed by atoms with Crippen LogP contribution in [0.1, 0.15) is 6.42 Å². The minimum Gasteiger partial charge on any atom is -0.342 e. The Hall–Kier alpha value is -0.380. The molecule has 2 atom stereocenters. The van der Waals surface area contributed by atoms with Crippen molar-refractivity contribution in [1.82, 2.24) is 0 Å². The van der Waals surface area contributed by atoms with Crippen LogP contribution in [-0.2, 0) is 14.5 Å². The second-order valence-electron chi connectivity index (χ2n) is 2.17. The van der Waals surface area contributed by atoms with Gasteiger partial charge in [0.1, 0.15) is 12.2 Å². The first-order valence-electron chi connectivity index (χ1n) is 3.03. The van der Waals surface area contributed by atoms with Gasteiger partial charge in [0.15, 0.2) is 6.79 Å². The average molecular weight is 128 g/mol. The molecule has 2 unspecified atom stereocenters. The van der Waals surface area contributed by atoms with Crippen LogP contribution in [0.4, 0.5) is 0 Å². The summed E-state index contributed by atoms with van der Waals surface area (Å²) in [5.41, 5.74) is 0. The summed E-state index contributed by atoms with van der Waals surface area (Å²) in [7, 11) is 0. The lowest BCUT2D eigenvalue weighted by atomic mass is 10.2. The molecule has 0 aromatic heterocycles. The molecule has 9 heavy (non-hydrogen) atoms. The van der Waals surface area contributed by atoms with Crippen molar-refractivity contribution in [2.75, 3.05) is 6.79 Å². The summed E-state index contributed by atoms with van der Waals surface area (Å²) in [4.78, 5) is 9.54. The van der Waals surface area contributed by atoms with Gasteiger partial charge in [0.25, 0.3) is 0 Å². The molecule has 1 fully saturated rings. The van der Waals surface area contributed by atoms with Gasteiger partial charge in [0, 0.05) is 0 Å². The van der Waals surface area contributed by atoms with Crippen LogP contribution in [0.2, 0.25) is 0 Å². The molecule has 0 bridgehead atoms. The van der Waals surface area contributed by atoms with Gasteiger partial charge in [0.05, 0.1) is 0 Å². The Morgan fingerprint density at radius 3 is 3.33 bits per heavy atom. The molecule has 3 nitrogen and oxygen atoms in total. The molecule has 0 amide bonds. The van der Waals surface area contributed by atoms with Crippen LogP contribution in [-0.4, -0.2) is 19.0 Å². The molecule has 0 radical (unpaired) electrons. The fraction of sp³-hybridized carbons (Fsp3) is 0.667. The second-order valence-corrected chi connectivity index (χ2v) is 2.17. The summed E-state index contributed by atoms with van der Waals surface area (Å²) >= 11 is 0. The van der Waals surface area contributed by atoms with E-state index in [2.05, 4.69) is 4.89 Å². The molecule has 2 rings (SSSR count). The van der Waals surface area contributed by atoms with Crippen molar-refractivity contribution in [3.05, 3.63) is 12.2 Å². The largest absolute Gasteiger partial charge is 0.342 e. The molecule has 1 heterocycles. The van der Waals surface area contributed by atoms with Crippen LogP contribution in [0.25, 0.3) is 0 Å². The zero-order chi connectivity index (χ0) is 6.10. The number of rotatable bonds is 0. The van der Waals surface area contributed by atoms with E-state index in [0.29, 0.717) is 0 Å². The summed E-state index contributed by atoms with van der Waals surface area (Å²) < 4.78 is 5.17. The highest BCUT2D eigenvalue weighted by Gasteiger charge is 2.28. The topological polar surface area (TPSA) is 27.7 Å². The Morgan fingerprint density at radius 2 is 2.44 bits per heavy atom. The van der Waals surface area contributed by atoms with Crippen LogP contribution in [0.3, 0.4) is 0 Å². The summed E-state index contributed by atoms with van der Waals surface area (Å²) in [6.45, 7) is 0.255. The van der Waals surface area contributed by atoms with Crippen molar-refractivity contribution in [2.45, 2.75) is 18.6 Å². The molecule has 1 aliphatic carbocycles. The molecule has 2 aliphatic rings. The average Bonchev–Trinajstić information content (AvgIpc) is 2.33. The monoisotopic (exact) mass is 128 g/mol. The minimum atomic E-state index is 0.110. The predicted octanol–water partition coefficient (Wildman–Crippen LogP) is 0.619.